The molecule has 20 heavy (non-hydrogen) atoms. The van der Waals surface area contributed by atoms with Crippen LogP contribution >= 0.6 is 23.4 Å². The lowest BCUT2D eigenvalue weighted by Crippen LogP contribution is -2.21. The molecule has 0 bridgehead atoms. The van der Waals surface area contributed by atoms with Gasteiger partial charge in [0.15, 0.2) is 0 Å². The molecule has 0 saturated carbocycles. The summed E-state index contributed by atoms with van der Waals surface area (Å²) < 4.78 is 0. The Balaban J connectivity index is 2.27. The van der Waals surface area contributed by atoms with Crippen molar-refractivity contribution in [2.24, 2.45) is 5.73 Å². The van der Waals surface area contributed by atoms with Gasteiger partial charge in [-0.05, 0) is 43.5 Å². The third-order valence-corrected chi connectivity index (χ3v) is 4.92. The molecule has 0 fully saturated rings. The van der Waals surface area contributed by atoms with Gasteiger partial charge in [-0.15, -0.1) is 0 Å². The molecule has 0 spiro atoms. The first kappa shape index (κ1) is 15.4. The summed E-state index contributed by atoms with van der Waals surface area (Å²) in [6.45, 7) is 4.21. The molecule has 0 aliphatic rings. The summed E-state index contributed by atoms with van der Waals surface area (Å²) in [5.41, 5.74) is 8.58. The van der Waals surface area contributed by atoms with E-state index in [2.05, 4.69) is 44.2 Å². The first-order valence-electron chi connectivity index (χ1n) is 6.87. The summed E-state index contributed by atoms with van der Waals surface area (Å²) in [7, 11) is 0. The first-order chi connectivity index (χ1) is 9.60. The van der Waals surface area contributed by atoms with Crippen LogP contribution in [0.25, 0.3) is 0 Å². The normalized spacial score (nSPS) is 12.4. The molecule has 2 N–H and O–H groups in total. The Kier molecular flexibility index (Phi) is 5.53. The summed E-state index contributed by atoms with van der Waals surface area (Å²) in [5, 5.41) is 0.802. The number of aryl methyl sites for hydroxylation is 1. The Morgan fingerprint density at radius 3 is 2.50 bits per heavy atom. The van der Waals surface area contributed by atoms with E-state index < -0.39 is 0 Å². The van der Waals surface area contributed by atoms with Crippen molar-refractivity contribution in [3.8, 4) is 0 Å². The van der Waals surface area contributed by atoms with Crippen LogP contribution in [0.1, 0.15) is 24.5 Å². The second-order valence-electron chi connectivity index (χ2n) is 5.02. The third kappa shape index (κ3) is 4.02. The Labute approximate surface area is 130 Å². The van der Waals surface area contributed by atoms with Crippen LogP contribution < -0.4 is 5.73 Å². The molecule has 2 aromatic rings. The average molecular weight is 306 g/mol. The highest BCUT2D eigenvalue weighted by Gasteiger charge is 2.11. The van der Waals surface area contributed by atoms with Gasteiger partial charge in [0.05, 0.1) is 5.02 Å². The van der Waals surface area contributed by atoms with Gasteiger partial charge in [0.1, 0.15) is 0 Å². The first-order valence-corrected chi connectivity index (χ1v) is 8.07. The van der Waals surface area contributed by atoms with Gasteiger partial charge in [-0.25, -0.2) is 0 Å². The summed E-state index contributed by atoms with van der Waals surface area (Å²) in [4.78, 5) is 2.33. The maximum absolute atomic E-state index is 6.38. The van der Waals surface area contributed by atoms with E-state index in [1.165, 1.54) is 16.0 Å². The number of hydrogen-bond donors (Lipinski definition) is 1. The van der Waals surface area contributed by atoms with Crippen LogP contribution in [0.15, 0.2) is 52.3 Å². The molecular weight excluding hydrogens is 286 g/mol. The van der Waals surface area contributed by atoms with Crippen LogP contribution in [0.4, 0.5) is 0 Å². The summed E-state index contributed by atoms with van der Waals surface area (Å²) in [6, 6.07) is 14.8. The highest BCUT2D eigenvalue weighted by atomic mass is 35.5. The van der Waals surface area contributed by atoms with Crippen molar-refractivity contribution in [3.63, 3.8) is 0 Å². The van der Waals surface area contributed by atoms with Gasteiger partial charge >= 0.3 is 0 Å². The highest BCUT2D eigenvalue weighted by molar-refractivity contribution is 7.99. The fraction of sp³-hybridized carbons (Fsp3) is 0.294. The maximum atomic E-state index is 6.38. The van der Waals surface area contributed by atoms with E-state index in [9.17, 15) is 0 Å². The van der Waals surface area contributed by atoms with Gasteiger partial charge in [0, 0.05) is 15.8 Å². The predicted octanol–water partition coefficient (Wildman–Crippen LogP) is 5.08. The van der Waals surface area contributed by atoms with Crippen LogP contribution in [0, 0.1) is 6.92 Å². The molecule has 0 heterocycles. The minimum atomic E-state index is 0.186. The molecule has 0 saturated heterocycles. The van der Waals surface area contributed by atoms with E-state index in [4.69, 9.17) is 17.3 Å². The molecule has 2 rings (SSSR count). The summed E-state index contributed by atoms with van der Waals surface area (Å²) in [5.74, 6) is 0. The SMILES string of the molecule is CCC(N)Cc1cccc(Cl)c1Sc1ccc(C)cc1. The Morgan fingerprint density at radius 1 is 1.15 bits per heavy atom. The minimum Gasteiger partial charge on any atom is -0.327 e. The molecule has 1 nitrogen and oxygen atoms in total. The van der Waals surface area contributed by atoms with Gasteiger partial charge in [-0.3, -0.25) is 0 Å². The molecule has 0 radical (unpaired) electrons. The average Bonchev–Trinajstić information content (AvgIpc) is 2.44. The lowest BCUT2D eigenvalue weighted by atomic mass is 10.0. The molecule has 3 heteroatoms. The zero-order valence-electron chi connectivity index (χ0n) is 11.9. The summed E-state index contributed by atoms with van der Waals surface area (Å²) >= 11 is 8.09. The van der Waals surface area contributed by atoms with E-state index in [-0.39, 0.29) is 6.04 Å². The maximum Gasteiger partial charge on any atom is 0.0548 e. The van der Waals surface area contributed by atoms with Crippen molar-refractivity contribution in [1.29, 1.82) is 0 Å². The second kappa shape index (κ2) is 7.16. The quantitative estimate of drug-likeness (QED) is 0.833. The smallest absolute Gasteiger partial charge is 0.0548 e. The van der Waals surface area contributed by atoms with Crippen molar-refractivity contribution in [2.75, 3.05) is 0 Å². The lowest BCUT2D eigenvalue weighted by molar-refractivity contribution is 0.641. The highest BCUT2D eigenvalue weighted by Crippen LogP contribution is 2.36. The Bertz CT molecular complexity index is 566. The molecule has 1 atom stereocenters. The molecule has 106 valence electrons. The molecule has 0 aliphatic heterocycles. The van der Waals surface area contributed by atoms with Gasteiger partial charge in [-0.2, -0.15) is 0 Å². The third-order valence-electron chi connectivity index (χ3n) is 3.30. The largest absolute Gasteiger partial charge is 0.327 e. The zero-order valence-corrected chi connectivity index (χ0v) is 13.5. The molecule has 2 aromatic carbocycles. The fourth-order valence-corrected chi connectivity index (χ4v) is 3.25. The van der Waals surface area contributed by atoms with Crippen molar-refractivity contribution in [1.82, 2.24) is 0 Å². The number of halogens is 1. The standard InChI is InChI=1S/C17H20ClNS/c1-3-14(19)11-13-5-4-6-16(18)17(13)20-15-9-7-12(2)8-10-15/h4-10,14H,3,11,19H2,1-2H3. The minimum absolute atomic E-state index is 0.186. The Morgan fingerprint density at radius 2 is 1.85 bits per heavy atom. The van der Waals surface area contributed by atoms with Crippen LogP contribution in [0.3, 0.4) is 0 Å². The van der Waals surface area contributed by atoms with Crippen molar-refractivity contribution in [2.45, 2.75) is 42.5 Å². The van der Waals surface area contributed by atoms with E-state index in [1.54, 1.807) is 11.8 Å². The summed E-state index contributed by atoms with van der Waals surface area (Å²) in [6.07, 6.45) is 1.84. The zero-order chi connectivity index (χ0) is 14.5. The lowest BCUT2D eigenvalue weighted by Gasteiger charge is -2.14. The number of benzene rings is 2. The number of hydrogen-bond acceptors (Lipinski definition) is 2. The van der Waals surface area contributed by atoms with Crippen LogP contribution in [0.2, 0.25) is 5.02 Å². The second-order valence-corrected chi connectivity index (χ2v) is 6.51. The van der Waals surface area contributed by atoms with Gasteiger partial charge in [0.2, 0.25) is 0 Å². The van der Waals surface area contributed by atoms with E-state index in [0.29, 0.717) is 0 Å². The van der Waals surface area contributed by atoms with E-state index in [1.807, 2.05) is 12.1 Å². The van der Waals surface area contributed by atoms with Gasteiger partial charge in [0.25, 0.3) is 0 Å². The van der Waals surface area contributed by atoms with Crippen LogP contribution in [0.5, 0.6) is 0 Å². The monoisotopic (exact) mass is 305 g/mol. The van der Waals surface area contributed by atoms with Crippen molar-refractivity contribution >= 4 is 23.4 Å². The van der Waals surface area contributed by atoms with Gasteiger partial charge in [-0.1, -0.05) is 60.1 Å². The molecule has 0 aromatic heterocycles. The number of nitrogens with two attached hydrogens (primary N) is 1. The number of rotatable bonds is 5. The molecule has 1 unspecified atom stereocenters. The predicted molar refractivity (Wildman–Crippen MR) is 88.7 cm³/mol. The topological polar surface area (TPSA) is 26.0 Å². The fourth-order valence-electron chi connectivity index (χ4n) is 1.98. The van der Waals surface area contributed by atoms with Crippen molar-refractivity contribution < 1.29 is 0 Å². The van der Waals surface area contributed by atoms with E-state index in [0.717, 1.165) is 22.8 Å². The van der Waals surface area contributed by atoms with Crippen LogP contribution in [-0.4, -0.2) is 6.04 Å². The van der Waals surface area contributed by atoms with Gasteiger partial charge < -0.3 is 5.73 Å². The molecule has 0 aliphatic carbocycles. The Hall–Kier alpha value is -0.960. The van der Waals surface area contributed by atoms with Crippen LogP contribution in [-0.2, 0) is 6.42 Å². The van der Waals surface area contributed by atoms with Crippen molar-refractivity contribution in [3.05, 3.63) is 58.6 Å². The molecule has 0 amide bonds. The van der Waals surface area contributed by atoms with E-state index >= 15 is 0 Å². The molecular formula is C17H20ClNS.